The zero-order valence-electron chi connectivity index (χ0n) is 10.9. The van der Waals surface area contributed by atoms with E-state index in [4.69, 9.17) is 4.74 Å². The molecule has 0 aliphatic rings. The van der Waals surface area contributed by atoms with E-state index in [0.29, 0.717) is 5.56 Å². The summed E-state index contributed by atoms with van der Waals surface area (Å²) in [5, 5.41) is 6.99. The zero-order chi connectivity index (χ0) is 14.8. The summed E-state index contributed by atoms with van der Waals surface area (Å²) < 4.78 is 44.2. The molecule has 0 aromatic carbocycles. The van der Waals surface area contributed by atoms with Crippen LogP contribution in [0.25, 0.3) is 0 Å². The fraction of sp³-hybridized carbons (Fsp3) is 0.333. The highest BCUT2D eigenvalue weighted by atomic mass is 19.4. The summed E-state index contributed by atoms with van der Waals surface area (Å²) in [6.45, 7) is 0.274. The van der Waals surface area contributed by atoms with E-state index in [9.17, 15) is 13.2 Å². The number of halogens is 3. The minimum Gasteiger partial charge on any atom is -0.481 e. The van der Waals surface area contributed by atoms with Crippen LogP contribution in [0, 0.1) is 0 Å². The number of alkyl halides is 3. The van der Waals surface area contributed by atoms with Crippen molar-refractivity contribution in [2.75, 3.05) is 19.5 Å². The molecule has 1 N–H and O–H groups in total. The second-order valence-corrected chi connectivity index (χ2v) is 4.04. The first-order valence-electron chi connectivity index (χ1n) is 5.75. The average Bonchev–Trinajstić information content (AvgIpc) is 2.85. The van der Waals surface area contributed by atoms with E-state index in [1.807, 2.05) is 0 Å². The lowest BCUT2D eigenvalue weighted by atomic mass is 10.2. The third-order valence-corrected chi connectivity index (χ3v) is 2.68. The van der Waals surface area contributed by atoms with Crippen molar-refractivity contribution in [2.45, 2.75) is 12.7 Å². The second kappa shape index (κ2) is 5.40. The van der Waals surface area contributed by atoms with Gasteiger partial charge in [0.1, 0.15) is 5.69 Å². The summed E-state index contributed by atoms with van der Waals surface area (Å²) in [5.41, 5.74) is 0.351. The number of hydrogen-bond acceptors (Lipinski definition) is 4. The number of ether oxygens (including phenoxy) is 1. The van der Waals surface area contributed by atoms with Crippen LogP contribution in [-0.4, -0.2) is 28.9 Å². The van der Waals surface area contributed by atoms with E-state index in [1.165, 1.54) is 13.2 Å². The van der Waals surface area contributed by atoms with Crippen LogP contribution in [0.1, 0.15) is 11.3 Å². The van der Waals surface area contributed by atoms with Gasteiger partial charge in [-0.2, -0.15) is 18.3 Å². The molecule has 0 bridgehead atoms. The first-order chi connectivity index (χ1) is 9.44. The van der Waals surface area contributed by atoms with Crippen LogP contribution in [-0.2, 0) is 12.7 Å². The Hall–Kier alpha value is -2.25. The molecular formula is C12H13F3N4O. The van der Waals surface area contributed by atoms with E-state index in [-0.39, 0.29) is 12.4 Å². The quantitative estimate of drug-likeness (QED) is 0.937. The predicted octanol–water partition coefficient (Wildman–Crippen LogP) is 2.40. The summed E-state index contributed by atoms with van der Waals surface area (Å²) in [7, 11) is 3.04. The van der Waals surface area contributed by atoms with E-state index < -0.39 is 11.9 Å². The normalized spacial score (nSPS) is 11.4. The van der Waals surface area contributed by atoms with Crippen LogP contribution in [0.2, 0.25) is 0 Å². The van der Waals surface area contributed by atoms with Crippen molar-refractivity contribution in [1.82, 2.24) is 14.8 Å². The maximum atomic E-state index is 12.6. The number of anilines is 1. The van der Waals surface area contributed by atoms with Gasteiger partial charge >= 0.3 is 6.18 Å². The summed E-state index contributed by atoms with van der Waals surface area (Å²) in [5.74, 6) is -0.0543. The molecule has 5 nitrogen and oxygen atoms in total. The van der Waals surface area contributed by atoms with Gasteiger partial charge in [-0.25, -0.2) is 4.98 Å². The molecule has 2 rings (SSSR count). The molecule has 0 amide bonds. The van der Waals surface area contributed by atoms with Gasteiger partial charge in [-0.05, 0) is 12.1 Å². The third-order valence-electron chi connectivity index (χ3n) is 2.68. The minimum atomic E-state index is -4.49. The Morgan fingerprint density at radius 1 is 1.35 bits per heavy atom. The SMILES string of the molecule is CNc1cnn(Cc2ccc(C(F)(F)F)nc2OC)c1. The molecule has 2 aromatic rings. The molecule has 0 aliphatic heterocycles. The lowest BCUT2D eigenvalue weighted by Gasteiger charge is -2.11. The first-order valence-corrected chi connectivity index (χ1v) is 5.75. The Labute approximate surface area is 113 Å². The fourth-order valence-electron chi connectivity index (χ4n) is 1.68. The second-order valence-electron chi connectivity index (χ2n) is 4.04. The van der Waals surface area contributed by atoms with Crippen molar-refractivity contribution in [3.8, 4) is 5.88 Å². The zero-order valence-corrected chi connectivity index (χ0v) is 10.9. The van der Waals surface area contributed by atoms with Crippen molar-refractivity contribution >= 4 is 5.69 Å². The number of rotatable bonds is 4. The fourth-order valence-corrected chi connectivity index (χ4v) is 1.68. The molecule has 0 saturated heterocycles. The molecule has 0 radical (unpaired) electrons. The van der Waals surface area contributed by atoms with Gasteiger partial charge in [-0.15, -0.1) is 0 Å². The maximum Gasteiger partial charge on any atom is 0.433 e. The van der Waals surface area contributed by atoms with Crippen LogP contribution >= 0.6 is 0 Å². The summed E-state index contributed by atoms with van der Waals surface area (Å²) in [4.78, 5) is 3.48. The van der Waals surface area contributed by atoms with Crippen molar-refractivity contribution in [3.05, 3.63) is 35.8 Å². The van der Waals surface area contributed by atoms with Crippen molar-refractivity contribution in [3.63, 3.8) is 0 Å². The third kappa shape index (κ3) is 3.01. The molecule has 0 saturated carbocycles. The highest BCUT2D eigenvalue weighted by Gasteiger charge is 2.33. The van der Waals surface area contributed by atoms with Gasteiger partial charge in [0.2, 0.25) is 5.88 Å². The number of nitrogens with zero attached hydrogens (tertiary/aromatic N) is 3. The van der Waals surface area contributed by atoms with Crippen molar-refractivity contribution < 1.29 is 17.9 Å². The van der Waals surface area contributed by atoms with Crippen LogP contribution in [0.4, 0.5) is 18.9 Å². The van der Waals surface area contributed by atoms with E-state index in [1.54, 1.807) is 24.1 Å². The Bertz CT molecular complexity index is 595. The molecule has 0 unspecified atom stereocenters. The number of aromatic nitrogens is 3. The van der Waals surface area contributed by atoms with Gasteiger partial charge in [-0.1, -0.05) is 0 Å². The number of pyridine rings is 1. The number of hydrogen-bond donors (Lipinski definition) is 1. The van der Waals surface area contributed by atoms with E-state index in [2.05, 4.69) is 15.4 Å². The average molecular weight is 286 g/mol. The molecule has 0 aliphatic carbocycles. The smallest absolute Gasteiger partial charge is 0.433 e. The van der Waals surface area contributed by atoms with Crippen LogP contribution in [0.15, 0.2) is 24.5 Å². The largest absolute Gasteiger partial charge is 0.481 e. The van der Waals surface area contributed by atoms with E-state index >= 15 is 0 Å². The Morgan fingerprint density at radius 3 is 2.65 bits per heavy atom. The molecule has 0 atom stereocenters. The van der Waals surface area contributed by atoms with Gasteiger partial charge in [0.25, 0.3) is 0 Å². The first kappa shape index (κ1) is 14.2. The van der Waals surface area contributed by atoms with E-state index in [0.717, 1.165) is 11.8 Å². The number of nitrogens with one attached hydrogen (secondary N) is 1. The molecule has 2 aromatic heterocycles. The predicted molar refractivity (Wildman–Crippen MR) is 66.7 cm³/mol. The summed E-state index contributed by atoms with van der Waals surface area (Å²) in [6.07, 6.45) is -1.14. The van der Waals surface area contributed by atoms with Crippen molar-refractivity contribution in [1.29, 1.82) is 0 Å². The monoisotopic (exact) mass is 286 g/mol. The molecule has 20 heavy (non-hydrogen) atoms. The summed E-state index contributed by atoms with van der Waals surface area (Å²) in [6, 6.07) is 2.27. The maximum absolute atomic E-state index is 12.6. The number of methoxy groups -OCH3 is 1. The minimum absolute atomic E-state index is 0.0543. The topological polar surface area (TPSA) is 52.0 Å². The molecule has 8 heteroatoms. The van der Waals surface area contributed by atoms with Crippen molar-refractivity contribution in [2.24, 2.45) is 0 Å². The molecule has 0 fully saturated rings. The van der Waals surface area contributed by atoms with Crippen LogP contribution in [0.3, 0.4) is 0 Å². The Kier molecular flexibility index (Phi) is 3.82. The molecule has 108 valence electrons. The highest BCUT2D eigenvalue weighted by molar-refractivity contribution is 5.37. The Morgan fingerprint density at radius 2 is 2.10 bits per heavy atom. The molecule has 2 heterocycles. The molecule has 0 spiro atoms. The standard InChI is InChI=1S/C12H13F3N4O/c1-16-9-5-17-19(7-9)6-8-3-4-10(12(13,14)15)18-11(8)20-2/h3-5,7,16H,6H2,1-2H3. The van der Waals surface area contributed by atoms with Gasteiger partial charge in [0.15, 0.2) is 0 Å². The van der Waals surface area contributed by atoms with Gasteiger partial charge in [0.05, 0.1) is 25.5 Å². The summed E-state index contributed by atoms with van der Waals surface area (Å²) >= 11 is 0. The van der Waals surface area contributed by atoms with Crippen LogP contribution in [0.5, 0.6) is 5.88 Å². The lowest BCUT2D eigenvalue weighted by molar-refractivity contribution is -0.141. The highest BCUT2D eigenvalue weighted by Crippen LogP contribution is 2.30. The van der Waals surface area contributed by atoms with Gasteiger partial charge < -0.3 is 10.1 Å². The Balaban J connectivity index is 2.27. The van der Waals surface area contributed by atoms with Gasteiger partial charge in [-0.3, -0.25) is 4.68 Å². The van der Waals surface area contributed by atoms with Crippen LogP contribution < -0.4 is 10.1 Å². The lowest BCUT2D eigenvalue weighted by Crippen LogP contribution is -2.11. The van der Waals surface area contributed by atoms with Gasteiger partial charge in [0, 0.05) is 18.8 Å². The molecular weight excluding hydrogens is 273 g/mol.